The van der Waals surface area contributed by atoms with Crippen molar-refractivity contribution in [2.75, 3.05) is 0 Å². The second kappa shape index (κ2) is 5.37. The average Bonchev–Trinajstić information content (AvgIpc) is 2.93. The highest BCUT2D eigenvalue weighted by Crippen LogP contribution is 2.23. The third-order valence-electron chi connectivity index (χ3n) is 3.49. The van der Waals surface area contributed by atoms with Crippen LogP contribution in [0.4, 0.5) is 0 Å². The highest BCUT2D eigenvalue weighted by molar-refractivity contribution is 5.85. The molecule has 2 aromatic carbocycles. The second-order valence-electron chi connectivity index (χ2n) is 5.20. The molecule has 3 nitrogen and oxygen atoms in total. The molecule has 104 valence electrons. The minimum Gasteiger partial charge on any atom is -0.298 e. The standard InChI is InChI=1S/C18H16N2O/c1-13-3-7-15(8-4-13)18-16(12-21)11-20(19-18)17-9-5-14(2)6-10-17/h3-12H,1-2H3. The molecule has 1 aromatic heterocycles. The number of hydrogen-bond donors (Lipinski definition) is 0. The number of benzene rings is 2. The molecule has 0 spiro atoms. The fourth-order valence-corrected chi connectivity index (χ4v) is 2.24. The maximum Gasteiger partial charge on any atom is 0.153 e. The minimum atomic E-state index is 0.597. The molecule has 0 aliphatic carbocycles. The number of carbonyl (C=O) groups is 1. The summed E-state index contributed by atoms with van der Waals surface area (Å²) in [5.74, 6) is 0. The van der Waals surface area contributed by atoms with Crippen LogP contribution >= 0.6 is 0 Å². The van der Waals surface area contributed by atoms with E-state index < -0.39 is 0 Å². The molecular weight excluding hydrogens is 260 g/mol. The van der Waals surface area contributed by atoms with Crippen molar-refractivity contribution >= 4 is 6.29 Å². The van der Waals surface area contributed by atoms with E-state index in [1.807, 2.05) is 62.4 Å². The Morgan fingerprint density at radius 2 is 1.48 bits per heavy atom. The molecule has 0 saturated carbocycles. The summed E-state index contributed by atoms with van der Waals surface area (Å²) in [5.41, 5.74) is 5.59. The van der Waals surface area contributed by atoms with E-state index in [0.717, 1.165) is 17.5 Å². The second-order valence-corrected chi connectivity index (χ2v) is 5.20. The Hall–Kier alpha value is -2.68. The molecule has 3 rings (SSSR count). The zero-order valence-electron chi connectivity index (χ0n) is 12.1. The van der Waals surface area contributed by atoms with E-state index in [2.05, 4.69) is 5.10 Å². The molecule has 0 radical (unpaired) electrons. The SMILES string of the molecule is Cc1ccc(-c2nn(-c3ccc(C)cc3)cc2C=O)cc1. The van der Waals surface area contributed by atoms with Gasteiger partial charge in [-0.05, 0) is 26.0 Å². The summed E-state index contributed by atoms with van der Waals surface area (Å²) in [6.45, 7) is 4.08. The highest BCUT2D eigenvalue weighted by atomic mass is 16.1. The summed E-state index contributed by atoms with van der Waals surface area (Å²) in [4.78, 5) is 11.3. The van der Waals surface area contributed by atoms with Crippen LogP contribution in [0.25, 0.3) is 16.9 Å². The van der Waals surface area contributed by atoms with E-state index in [1.165, 1.54) is 11.1 Å². The van der Waals surface area contributed by atoms with Gasteiger partial charge in [-0.3, -0.25) is 4.79 Å². The lowest BCUT2D eigenvalue weighted by atomic mass is 10.1. The van der Waals surface area contributed by atoms with Crippen molar-refractivity contribution in [3.63, 3.8) is 0 Å². The number of nitrogens with zero attached hydrogens (tertiary/aromatic N) is 2. The zero-order chi connectivity index (χ0) is 14.8. The van der Waals surface area contributed by atoms with Gasteiger partial charge in [-0.25, -0.2) is 4.68 Å². The zero-order valence-corrected chi connectivity index (χ0v) is 12.1. The minimum absolute atomic E-state index is 0.597. The molecular formula is C18H16N2O. The molecule has 0 aliphatic rings. The smallest absolute Gasteiger partial charge is 0.153 e. The molecule has 0 fully saturated rings. The summed E-state index contributed by atoms with van der Waals surface area (Å²) in [5, 5.41) is 4.57. The van der Waals surface area contributed by atoms with Crippen LogP contribution in [0.15, 0.2) is 54.7 Å². The predicted molar refractivity (Wildman–Crippen MR) is 83.9 cm³/mol. The Kier molecular flexibility index (Phi) is 3.40. The van der Waals surface area contributed by atoms with E-state index in [4.69, 9.17) is 0 Å². The van der Waals surface area contributed by atoms with Crippen LogP contribution in [0, 0.1) is 13.8 Å². The van der Waals surface area contributed by atoms with Crippen molar-refractivity contribution in [2.45, 2.75) is 13.8 Å². The van der Waals surface area contributed by atoms with Crippen LogP contribution in [0.3, 0.4) is 0 Å². The Labute approximate surface area is 123 Å². The van der Waals surface area contributed by atoms with Gasteiger partial charge in [0.15, 0.2) is 6.29 Å². The quantitative estimate of drug-likeness (QED) is 0.678. The number of aldehydes is 1. The number of aromatic nitrogens is 2. The van der Waals surface area contributed by atoms with Crippen LogP contribution in [0.1, 0.15) is 21.5 Å². The molecule has 0 unspecified atom stereocenters. The van der Waals surface area contributed by atoms with Crippen LogP contribution in [-0.4, -0.2) is 16.1 Å². The third kappa shape index (κ3) is 2.63. The van der Waals surface area contributed by atoms with E-state index in [9.17, 15) is 4.79 Å². The fourth-order valence-electron chi connectivity index (χ4n) is 2.24. The van der Waals surface area contributed by atoms with Crippen molar-refractivity contribution in [3.05, 3.63) is 71.4 Å². The third-order valence-corrected chi connectivity index (χ3v) is 3.49. The van der Waals surface area contributed by atoms with Gasteiger partial charge in [0.1, 0.15) is 5.69 Å². The van der Waals surface area contributed by atoms with Gasteiger partial charge in [0, 0.05) is 11.8 Å². The lowest BCUT2D eigenvalue weighted by molar-refractivity contribution is 0.112. The van der Waals surface area contributed by atoms with Gasteiger partial charge in [-0.15, -0.1) is 0 Å². The first-order chi connectivity index (χ1) is 10.2. The normalized spacial score (nSPS) is 10.6. The molecule has 0 bridgehead atoms. The van der Waals surface area contributed by atoms with Crippen LogP contribution in [0.5, 0.6) is 0 Å². The Morgan fingerprint density at radius 1 is 0.905 bits per heavy atom. The molecule has 3 heteroatoms. The fraction of sp³-hybridized carbons (Fsp3) is 0.111. The molecule has 0 amide bonds. The van der Waals surface area contributed by atoms with Crippen molar-refractivity contribution in [3.8, 4) is 16.9 Å². The lowest BCUT2D eigenvalue weighted by Crippen LogP contribution is -1.94. The first-order valence-electron chi connectivity index (χ1n) is 6.86. The predicted octanol–water partition coefficient (Wildman–Crippen LogP) is 3.97. The summed E-state index contributed by atoms with van der Waals surface area (Å²) in [6, 6.07) is 16.1. The summed E-state index contributed by atoms with van der Waals surface area (Å²) < 4.78 is 1.75. The van der Waals surface area contributed by atoms with Crippen molar-refractivity contribution in [2.24, 2.45) is 0 Å². The lowest BCUT2D eigenvalue weighted by Gasteiger charge is -2.02. The number of hydrogen-bond acceptors (Lipinski definition) is 2. The molecule has 0 N–H and O–H groups in total. The first kappa shape index (κ1) is 13.3. The van der Waals surface area contributed by atoms with Gasteiger partial charge in [0.2, 0.25) is 0 Å². The van der Waals surface area contributed by atoms with E-state index in [1.54, 1.807) is 10.9 Å². The largest absolute Gasteiger partial charge is 0.298 e. The summed E-state index contributed by atoms with van der Waals surface area (Å²) in [7, 11) is 0. The summed E-state index contributed by atoms with van der Waals surface area (Å²) >= 11 is 0. The van der Waals surface area contributed by atoms with Gasteiger partial charge < -0.3 is 0 Å². The van der Waals surface area contributed by atoms with Gasteiger partial charge in [-0.2, -0.15) is 5.10 Å². The topological polar surface area (TPSA) is 34.9 Å². The summed E-state index contributed by atoms with van der Waals surface area (Å²) in [6.07, 6.45) is 2.62. The molecule has 3 aromatic rings. The van der Waals surface area contributed by atoms with Crippen LogP contribution in [0.2, 0.25) is 0 Å². The maximum absolute atomic E-state index is 11.3. The molecule has 1 heterocycles. The highest BCUT2D eigenvalue weighted by Gasteiger charge is 2.11. The molecule has 0 saturated heterocycles. The first-order valence-corrected chi connectivity index (χ1v) is 6.86. The number of aryl methyl sites for hydroxylation is 2. The Bertz CT molecular complexity index is 768. The van der Waals surface area contributed by atoms with E-state index in [-0.39, 0.29) is 0 Å². The Morgan fingerprint density at radius 3 is 2.05 bits per heavy atom. The molecule has 0 aliphatic heterocycles. The van der Waals surface area contributed by atoms with Crippen molar-refractivity contribution in [1.29, 1.82) is 0 Å². The number of rotatable bonds is 3. The van der Waals surface area contributed by atoms with E-state index >= 15 is 0 Å². The Balaban J connectivity index is 2.08. The van der Waals surface area contributed by atoms with Gasteiger partial charge in [-0.1, -0.05) is 47.5 Å². The van der Waals surface area contributed by atoms with Crippen LogP contribution < -0.4 is 0 Å². The van der Waals surface area contributed by atoms with Gasteiger partial charge in [0.05, 0.1) is 11.3 Å². The van der Waals surface area contributed by atoms with Crippen molar-refractivity contribution < 1.29 is 4.79 Å². The van der Waals surface area contributed by atoms with Gasteiger partial charge >= 0.3 is 0 Å². The monoisotopic (exact) mass is 276 g/mol. The maximum atomic E-state index is 11.3. The van der Waals surface area contributed by atoms with Crippen molar-refractivity contribution in [1.82, 2.24) is 9.78 Å². The molecule has 0 atom stereocenters. The average molecular weight is 276 g/mol. The van der Waals surface area contributed by atoms with Gasteiger partial charge in [0.25, 0.3) is 0 Å². The van der Waals surface area contributed by atoms with Crippen LogP contribution in [-0.2, 0) is 0 Å². The van der Waals surface area contributed by atoms with E-state index in [0.29, 0.717) is 11.3 Å². The number of carbonyl (C=O) groups excluding carboxylic acids is 1. The molecule has 21 heavy (non-hydrogen) atoms.